The Morgan fingerprint density at radius 1 is 1.20 bits per heavy atom. The molecule has 7 nitrogen and oxygen atoms in total. The molecule has 5 rings (SSSR count). The highest BCUT2D eigenvalue weighted by molar-refractivity contribution is 6.31. The predicted molar refractivity (Wildman–Crippen MR) is 117 cm³/mol. The highest BCUT2D eigenvalue weighted by atomic mass is 35.5. The van der Waals surface area contributed by atoms with Crippen molar-refractivity contribution in [1.82, 2.24) is 25.0 Å². The highest BCUT2D eigenvalue weighted by Gasteiger charge is 2.39. The summed E-state index contributed by atoms with van der Waals surface area (Å²) in [4.78, 5) is 29.1. The molecule has 158 valence electrons. The van der Waals surface area contributed by atoms with Crippen LogP contribution in [-0.4, -0.2) is 83.2 Å². The molecule has 1 aromatic heterocycles. The van der Waals surface area contributed by atoms with Crippen molar-refractivity contribution in [1.29, 1.82) is 0 Å². The molecule has 3 atom stereocenters. The Balaban J connectivity index is 1.32. The molecule has 4 aliphatic rings. The molecule has 0 amide bonds. The van der Waals surface area contributed by atoms with Crippen molar-refractivity contribution in [3.05, 3.63) is 53.1 Å². The molecule has 1 unspecified atom stereocenters. The number of nitrogens with one attached hydrogen (secondary N) is 1. The number of Topliss-reactive ketones (excluding diaryl/α,β-unsaturated/α-hetero) is 1. The second-order valence-corrected chi connectivity index (χ2v) is 8.89. The number of ketones is 1. The van der Waals surface area contributed by atoms with Gasteiger partial charge in [0.25, 0.3) is 0 Å². The van der Waals surface area contributed by atoms with E-state index in [0.717, 1.165) is 44.3 Å². The number of hydrogen-bond acceptors (Lipinski definition) is 7. The first-order chi connectivity index (χ1) is 14.6. The van der Waals surface area contributed by atoms with E-state index in [4.69, 9.17) is 16.6 Å². The van der Waals surface area contributed by atoms with Gasteiger partial charge >= 0.3 is 0 Å². The topological polar surface area (TPSA) is 64.1 Å². The van der Waals surface area contributed by atoms with Crippen LogP contribution in [0.4, 0.5) is 0 Å². The average Bonchev–Trinajstić information content (AvgIpc) is 3.19. The first-order valence-corrected chi connectivity index (χ1v) is 11.0. The summed E-state index contributed by atoms with van der Waals surface area (Å²) < 4.78 is 0. The minimum absolute atomic E-state index is 0.0189. The lowest BCUT2D eigenvalue weighted by molar-refractivity contribution is -0.121. The van der Waals surface area contributed by atoms with E-state index in [-0.39, 0.29) is 23.9 Å². The first kappa shape index (κ1) is 19.7. The van der Waals surface area contributed by atoms with Crippen molar-refractivity contribution in [3.8, 4) is 0 Å². The molecule has 0 radical (unpaired) electrons. The van der Waals surface area contributed by atoms with Gasteiger partial charge in [0.15, 0.2) is 0 Å². The van der Waals surface area contributed by atoms with Crippen LogP contribution >= 0.6 is 11.6 Å². The number of piperidine rings is 1. The minimum atomic E-state index is -0.161. The Bertz CT molecular complexity index is 920. The Morgan fingerprint density at radius 2 is 2.03 bits per heavy atom. The summed E-state index contributed by atoms with van der Waals surface area (Å²) in [6.07, 6.45) is 8.98. The molecular weight excluding hydrogens is 400 g/mol. The maximum atomic E-state index is 12.6. The van der Waals surface area contributed by atoms with E-state index in [1.54, 1.807) is 6.20 Å². The molecule has 30 heavy (non-hydrogen) atoms. The zero-order valence-electron chi connectivity index (χ0n) is 17.2. The van der Waals surface area contributed by atoms with Gasteiger partial charge in [-0.15, -0.1) is 0 Å². The quantitative estimate of drug-likeness (QED) is 0.795. The standard InChI is InChI=1S/C22H27ClN6O/c1-27-8-10-28(11-9-27)21-6-2-5-20-26-19(14-29(20)21)17-12-15(30)13-18(25-17)22-16(23)4-3-7-24-22/h2-7,17-19,25H,8-14H2,1H3/t17-,18+,19?/m1/s1. The summed E-state index contributed by atoms with van der Waals surface area (Å²) in [6, 6.07) is 3.48. The van der Waals surface area contributed by atoms with Crippen molar-refractivity contribution in [2.45, 2.75) is 31.0 Å². The fourth-order valence-electron chi connectivity index (χ4n) is 4.75. The second-order valence-electron chi connectivity index (χ2n) is 8.48. The van der Waals surface area contributed by atoms with Crippen LogP contribution in [0, 0.1) is 0 Å². The van der Waals surface area contributed by atoms with E-state index >= 15 is 0 Å². The minimum Gasteiger partial charge on any atom is -0.355 e. The lowest BCUT2D eigenvalue weighted by Gasteiger charge is -2.40. The largest absolute Gasteiger partial charge is 0.355 e. The third-order valence-corrected chi connectivity index (χ3v) is 6.73. The van der Waals surface area contributed by atoms with Crippen LogP contribution in [0.3, 0.4) is 0 Å². The number of likely N-dealkylation sites (N-methyl/N-ethyl adjacent to an activating group) is 1. The highest BCUT2D eigenvalue weighted by Crippen LogP contribution is 2.31. The van der Waals surface area contributed by atoms with Crippen LogP contribution < -0.4 is 5.32 Å². The average molecular weight is 427 g/mol. The van der Waals surface area contributed by atoms with E-state index in [1.165, 1.54) is 5.82 Å². The summed E-state index contributed by atoms with van der Waals surface area (Å²) in [5.41, 5.74) is 0.749. The number of hydrogen-bond donors (Lipinski definition) is 1. The summed E-state index contributed by atoms with van der Waals surface area (Å²) in [7, 11) is 2.17. The second kappa shape index (κ2) is 8.13. The van der Waals surface area contributed by atoms with Crippen LogP contribution in [0.15, 0.2) is 47.4 Å². The number of carbonyl (C=O) groups is 1. The van der Waals surface area contributed by atoms with Crippen molar-refractivity contribution >= 4 is 23.2 Å². The fraction of sp³-hybridized carbons (Fsp3) is 0.500. The van der Waals surface area contributed by atoms with Crippen molar-refractivity contribution in [3.63, 3.8) is 0 Å². The number of fused-ring (bicyclic) bond motifs is 1. The SMILES string of the molecule is CN1CCN(C2=CC=CC3=NC([C@H]4CC(=O)C[C@@H](c5ncccc5Cl)N4)CN23)CC1. The molecule has 2 saturated heterocycles. The summed E-state index contributed by atoms with van der Waals surface area (Å²) >= 11 is 6.35. The van der Waals surface area contributed by atoms with Gasteiger partial charge in [0.1, 0.15) is 17.4 Å². The zero-order valence-corrected chi connectivity index (χ0v) is 17.9. The van der Waals surface area contributed by atoms with E-state index in [9.17, 15) is 4.79 Å². The Hall–Kier alpha value is -2.22. The van der Waals surface area contributed by atoms with Crippen LogP contribution in [0.2, 0.25) is 5.02 Å². The number of pyridine rings is 1. The monoisotopic (exact) mass is 426 g/mol. The molecule has 2 fully saturated rings. The molecule has 8 heteroatoms. The van der Waals surface area contributed by atoms with Crippen LogP contribution in [0.25, 0.3) is 0 Å². The van der Waals surface area contributed by atoms with Crippen molar-refractivity contribution < 1.29 is 4.79 Å². The number of carbonyl (C=O) groups excluding carboxylic acids is 1. The Morgan fingerprint density at radius 3 is 2.83 bits per heavy atom. The number of amidine groups is 1. The van der Waals surface area contributed by atoms with Crippen molar-refractivity contribution in [2.75, 3.05) is 39.8 Å². The van der Waals surface area contributed by atoms with Gasteiger partial charge in [-0.25, -0.2) is 0 Å². The van der Waals surface area contributed by atoms with Gasteiger partial charge in [-0.05, 0) is 31.3 Å². The van der Waals surface area contributed by atoms with Gasteiger partial charge in [0, 0.05) is 57.8 Å². The predicted octanol–water partition coefficient (Wildman–Crippen LogP) is 1.84. The van der Waals surface area contributed by atoms with Gasteiger partial charge in [-0.3, -0.25) is 14.8 Å². The van der Waals surface area contributed by atoms with Gasteiger partial charge in [0.05, 0.1) is 22.8 Å². The van der Waals surface area contributed by atoms with Crippen molar-refractivity contribution in [2.24, 2.45) is 4.99 Å². The number of halogens is 1. The summed E-state index contributed by atoms with van der Waals surface area (Å²) in [5, 5.41) is 4.23. The van der Waals surface area contributed by atoms with Gasteiger partial charge in [-0.2, -0.15) is 0 Å². The van der Waals surface area contributed by atoms with E-state index in [2.05, 4.69) is 50.3 Å². The Labute approximate surface area is 182 Å². The molecule has 4 aliphatic heterocycles. The first-order valence-electron chi connectivity index (χ1n) is 10.6. The third-order valence-electron chi connectivity index (χ3n) is 6.41. The number of aliphatic imine (C=N–C) groups is 1. The van der Waals surface area contributed by atoms with Gasteiger partial charge < -0.3 is 20.0 Å². The summed E-state index contributed by atoms with van der Waals surface area (Å²) in [6.45, 7) is 4.95. The lowest BCUT2D eigenvalue weighted by Crippen LogP contribution is -2.51. The molecule has 5 heterocycles. The number of aromatic nitrogens is 1. The number of piperazine rings is 1. The molecule has 0 bridgehead atoms. The van der Waals surface area contributed by atoms with E-state index in [0.29, 0.717) is 17.9 Å². The number of nitrogens with zero attached hydrogens (tertiary/aromatic N) is 5. The Kier molecular flexibility index (Phi) is 5.35. The smallest absolute Gasteiger partial charge is 0.136 e. The molecular formula is C22H27ClN6O. The molecule has 1 aromatic rings. The lowest BCUT2D eigenvalue weighted by atomic mass is 9.91. The summed E-state index contributed by atoms with van der Waals surface area (Å²) in [5.74, 6) is 2.45. The molecule has 0 aliphatic carbocycles. The number of allylic oxidation sites excluding steroid dienone is 2. The van der Waals surface area contributed by atoms with E-state index < -0.39 is 0 Å². The van der Waals surface area contributed by atoms with E-state index in [1.807, 2.05) is 12.1 Å². The van der Waals surface area contributed by atoms with Crippen LogP contribution in [0.5, 0.6) is 0 Å². The number of rotatable bonds is 3. The molecule has 1 N–H and O–H groups in total. The van der Waals surface area contributed by atoms with Gasteiger partial charge in [-0.1, -0.05) is 17.7 Å². The molecule has 0 aromatic carbocycles. The molecule has 0 saturated carbocycles. The molecule has 0 spiro atoms. The van der Waals surface area contributed by atoms with Gasteiger partial charge in [0.2, 0.25) is 0 Å². The zero-order chi connectivity index (χ0) is 20.7. The maximum absolute atomic E-state index is 12.6. The van der Waals surface area contributed by atoms with Crippen LogP contribution in [0.1, 0.15) is 24.6 Å². The maximum Gasteiger partial charge on any atom is 0.136 e. The normalized spacial score (nSPS) is 29.7. The van der Waals surface area contributed by atoms with Crippen LogP contribution in [-0.2, 0) is 4.79 Å². The third kappa shape index (κ3) is 3.77. The fourth-order valence-corrected chi connectivity index (χ4v) is 5.01.